The predicted octanol–water partition coefficient (Wildman–Crippen LogP) is 3.62. The van der Waals surface area contributed by atoms with Gasteiger partial charge in [-0.25, -0.2) is 4.39 Å². The van der Waals surface area contributed by atoms with Gasteiger partial charge in [0.15, 0.2) is 0 Å². The summed E-state index contributed by atoms with van der Waals surface area (Å²) in [7, 11) is 3.22. The first-order valence-corrected chi connectivity index (χ1v) is 10.5. The number of rotatable bonds is 7. The van der Waals surface area contributed by atoms with E-state index < -0.39 is 5.54 Å². The Kier molecular flexibility index (Phi) is 5.69. The molecular formula is C24H25FN4O3. The van der Waals surface area contributed by atoms with Gasteiger partial charge in [-0.1, -0.05) is 18.2 Å². The number of amides is 2. The average Bonchev–Trinajstić information content (AvgIpc) is 3.47. The Balaban J connectivity index is 1.66. The lowest BCUT2D eigenvalue weighted by atomic mass is 10.1. The molecule has 2 amide bonds. The van der Waals surface area contributed by atoms with Crippen LogP contribution >= 0.6 is 0 Å². The third-order valence-corrected chi connectivity index (χ3v) is 5.80. The highest BCUT2D eigenvalue weighted by Gasteiger charge is 2.52. The summed E-state index contributed by atoms with van der Waals surface area (Å²) in [5, 5.41) is 10.8. The van der Waals surface area contributed by atoms with E-state index in [2.05, 4.69) is 15.5 Å². The number of nitrogens with zero attached hydrogens (tertiary/aromatic N) is 2. The molecule has 7 nitrogen and oxygen atoms in total. The number of hydrogen-bond acceptors (Lipinski definition) is 4. The fraction of sp³-hybridized carbons (Fsp3) is 0.292. The van der Waals surface area contributed by atoms with E-state index >= 15 is 0 Å². The van der Waals surface area contributed by atoms with Crippen molar-refractivity contribution in [1.82, 2.24) is 20.4 Å². The van der Waals surface area contributed by atoms with E-state index in [1.165, 1.54) is 19.2 Å². The number of halogens is 1. The van der Waals surface area contributed by atoms with Crippen LogP contribution in [-0.4, -0.2) is 53.2 Å². The third kappa shape index (κ3) is 3.95. The first-order chi connectivity index (χ1) is 15.4. The topological polar surface area (TPSA) is 87.3 Å². The predicted molar refractivity (Wildman–Crippen MR) is 121 cm³/mol. The van der Waals surface area contributed by atoms with Crippen LogP contribution < -0.4 is 10.1 Å². The highest BCUT2D eigenvalue weighted by molar-refractivity contribution is 6.07. The lowest BCUT2D eigenvalue weighted by Gasteiger charge is -2.23. The second-order valence-electron chi connectivity index (χ2n) is 7.92. The molecule has 1 aliphatic carbocycles. The van der Waals surface area contributed by atoms with Crippen molar-refractivity contribution in [1.29, 1.82) is 0 Å². The maximum atomic E-state index is 13.1. The standard InChI is InChI=1S/C24H25FN4O3/c1-4-29(2)23(31)24(13-14-24)26-22(30)17-10-12-19-20(21(17)32-3)18(27-28-19)11-7-15-5-8-16(25)9-6-15/h5-12H,4,13-14H2,1-3H3,(H,26,30)(H,27,28)/b11-7+. The molecule has 1 aromatic heterocycles. The molecule has 0 saturated heterocycles. The maximum absolute atomic E-state index is 13.1. The van der Waals surface area contributed by atoms with Crippen molar-refractivity contribution in [2.75, 3.05) is 20.7 Å². The van der Waals surface area contributed by atoms with Crippen molar-refractivity contribution >= 4 is 34.9 Å². The molecule has 8 heteroatoms. The Labute approximate surface area is 185 Å². The second-order valence-corrected chi connectivity index (χ2v) is 7.92. The molecule has 166 valence electrons. The fourth-order valence-corrected chi connectivity index (χ4v) is 3.68. The molecule has 2 aromatic carbocycles. The Bertz CT molecular complexity index is 1200. The van der Waals surface area contributed by atoms with E-state index in [0.717, 1.165) is 5.56 Å². The van der Waals surface area contributed by atoms with Gasteiger partial charge in [0.05, 0.1) is 29.3 Å². The number of carbonyl (C=O) groups is 2. The van der Waals surface area contributed by atoms with E-state index in [-0.39, 0.29) is 17.6 Å². The third-order valence-electron chi connectivity index (χ3n) is 5.80. The minimum absolute atomic E-state index is 0.0837. The number of methoxy groups -OCH3 is 1. The molecule has 1 fully saturated rings. The first-order valence-electron chi connectivity index (χ1n) is 10.5. The van der Waals surface area contributed by atoms with Gasteiger partial charge in [0.25, 0.3) is 5.91 Å². The van der Waals surface area contributed by atoms with Crippen LogP contribution in [-0.2, 0) is 4.79 Å². The zero-order valence-corrected chi connectivity index (χ0v) is 18.2. The first kappa shape index (κ1) is 21.5. The number of ether oxygens (including phenoxy) is 1. The summed E-state index contributed by atoms with van der Waals surface area (Å²) in [6.07, 6.45) is 4.81. The number of likely N-dealkylation sites (N-methyl/N-ethyl adjacent to an activating group) is 1. The van der Waals surface area contributed by atoms with Gasteiger partial charge in [0.2, 0.25) is 5.91 Å². The zero-order valence-electron chi connectivity index (χ0n) is 18.2. The van der Waals surface area contributed by atoms with Crippen LogP contribution in [0.15, 0.2) is 36.4 Å². The Morgan fingerprint density at radius 3 is 2.56 bits per heavy atom. The van der Waals surface area contributed by atoms with Crippen LogP contribution in [0.25, 0.3) is 23.1 Å². The molecule has 0 bridgehead atoms. The van der Waals surface area contributed by atoms with Crippen molar-refractivity contribution < 1.29 is 18.7 Å². The second kappa shape index (κ2) is 8.45. The molecule has 0 atom stereocenters. The molecule has 0 radical (unpaired) electrons. The van der Waals surface area contributed by atoms with E-state index in [0.29, 0.717) is 47.3 Å². The van der Waals surface area contributed by atoms with Gasteiger partial charge in [-0.2, -0.15) is 5.10 Å². The molecule has 1 saturated carbocycles. The summed E-state index contributed by atoms with van der Waals surface area (Å²) in [6, 6.07) is 9.51. The van der Waals surface area contributed by atoms with Gasteiger partial charge in [0, 0.05) is 13.6 Å². The number of aromatic amines is 1. The smallest absolute Gasteiger partial charge is 0.255 e. The van der Waals surface area contributed by atoms with E-state index in [1.54, 1.807) is 48.4 Å². The van der Waals surface area contributed by atoms with Gasteiger partial charge >= 0.3 is 0 Å². The van der Waals surface area contributed by atoms with E-state index in [9.17, 15) is 14.0 Å². The molecular weight excluding hydrogens is 411 g/mol. The van der Waals surface area contributed by atoms with Crippen LogP contribution in [0.1, 0.15) is 41.4 Å². The zero-order chi connectivity index (χ0) is 22.9. The molecule has 32 heavy (non-hydrogen) atoms. The van der Waals surface area contributed by atoms with Crippen molar-refractivity contribution in [3.63, 3.8) is 0 Å². The Morgan fingerprint density at radius 1 is 1.22 bits per heavy atom. The normalized spacial score (nSPS) is 14.5. The Hall–Kier alpha value is -3.68. The lowest BCUT2D eigenvalue weighted by molar-refractivity contribution is -0.132. The number of benzene rings is 2. The molecule has 0 aliphatic heterocycles. The van der Waals surface area contributed by atoms with Crippen LogP contribution in [0.5, 0.6) is 5.75 Å². The van der Waals surface area contributed by atoms with Gasteiger partial charge in [0.1, 0.15) is 17.1 Å². The van der Waals surface area contributed by atoms with Gasteiger partial charge < -0.3 is 15.0 Å². The maximum Gasteiger partial charge on any atom is 0.255 e. The number of carbonyl (C=O) groups excluding carboxylic acids is 2. The SMILES string of the molecule is CCN(C)C(=O)C1(NC(=O)c2ccc3[nH]nc(/C=C/c4ccc(F)cc4)c3c2OC)CC1. The quantitative estimate of drug-likeness (QED) is 0.592. The molecule has 1 heterocycles. The number of aromatic nitrogens is 2. The van der Waals surface area contributed by atoms with Crippen molar-refractivity contribution in [2.24, 2.45) is 0 Å². The molecule has 0 spiro atoms. The summed E-state index contributed by atoms with van der Waals surface area (Å²) in [5.74, 6) is -0.380. The summed E-state index contributed by atoms with van der Waals surface area (Å²) < 4.78 is 18.8. The number of nitrogens with one attached hydrogen (secondary N) is 2. The van der Waals surface area contributed by atoms with Gasteiger partial charge in [-0.05, 0) is 55.7 Å². The molecule has 1 aliphatic rings. The molecule has 4 rings (SSSR count). The Morgan fingerprint density at radius 2 is 1.94 bits per heavy atom. The van der Waals surface area contributed by atoms with Gasteiger partial charge in [-0.3, -0.25) is 14.7 Å². The van der Waals surface area contributed by atoms with Crippen molar-refractivity contribution in [3.05, 3.63) is 59.0 Å². The van der Waals surface area contributed by atoms with Crippen LogP contribution in [0, 0.1) is 5.82 Å². The average molecular weight is 436 g/mol. The van der Waals surface area contributed by atoms with Gasteiger partial charge in [-0.15, -0.1) is 0 Å². The minimum atomic E-state index is -0.844. The van der Waals surface area contributed by atoms with Crippen molar-refractivity contribution in [3.8, 4) is 5.75 Å². The summed E-state index contributed by atoms with van der Waals surface area (Å²) >= 11 is 0. The largest absolute Gasteiger partial charge is 0.495 e. The summed E-state index contributed by atoms with van der Waals surface area (Å²) in [5.41, 5.74) is 1.59. The number of H-pyrrole nitrogens is 1. The fourth-order valence-electron chi connectivity index (χ4n) is 3.68. The molecule has 2 N–H and O–H groups in total. The highest BCUT2D eigenvalue weighted by atomic mass is 19.1. The van der Waals surface area contributed by atoms with Crippen LogP contribution in [0.3, 0.4) is 0 Å². The van der Waals surface area contributed by atoms with Crippen molar-refractivity contribution in [2.45, 2.75) is 25.3 Å². The van der Waals surface area contributed by atoms with E-state index in [4.69, 9.17) is 4.74 Å². The van der Waals surface area contributed by atoms with Crippen LogP contribution in [0.2, 0.25) is 0 Å². The minimum Gasteiger partial charge on any atom is -0.495 e. The van der Waals surface area contributed by atoms with Crippen LogP contribution in [0.4, 0.5) is 4.39 Å². The highest BCUT2D eigenvalue weighted by Crippen LogP contribution is 2.39. The summed E-state index contributed by atoms with van der Waals surface area (Å²) in [4.78, 5) is 27.4. The van der Waals surface area contributed by atoms with E-state index in [1.807, 2.05) is 6.92 Å². The molecule has 3 aromatic rings. The lowest BCUT2D eigenvalue weighted by Crippen LogP contribution is -2.49. The molecule has 0 unspecified atom stereocenters. The number of hydrogen-bond donors (Lipinski definition) is 2. The monoisotopic (exact) mass is 436 g/mol. The summed E-state index contributed by atoms with van der Waals surface area (Å²) in [6.45, 7) is 2.47. The number of fused-ring (bicyclic) bond motifs is 1.